The van der Waals surface area contributed by atoms with E-state index < -0.39 is 21.6 Å². The number of nitrogens with one attached hydrogen (secondary N) is 2. The molecule has 1 aromatic rings. The number of carbonyl (C=O) groups excluding carboxylic acids is 3. The highest BCUT2D eigenvalue weighted by molar-refractivity contribution is 7.89. The van der Waals surface area contributed by atoms with Gasteiger partial charge in [-0.05, 0) is 50.3 Å². The molecule has 1 saturated carbocycles. The quantitative estimate of drug-likeness (QED) is 0.537. The predicted molar refractivity (Wildman–Crippen MR) is 125 cm³/mol. The minimum Gasteiger partial charge on any atom is -0.495 e. The first-order valence-electron chi connectivity index (χ1n) is 11.9. The Morgan fingerprint density at radius 1 is 1.12 bits per heavy atom. The van der Waals surface area contributed by atoms with E-state index in [1.165, 1.54) is 28.4 Å². The fourth-order valence-corrected chi connectivity index (χ4v) is 6.72. The molecule has 2 saturated heterocycles. The molecule has 186 valence electrons. The molecule has 1 aliphatic carbocycles. The summed E-state index contributed by atoms with van der Waals surface area (Å²) in [6, 6.07) is 4.14. The predicted octanol–water partition coefficient (Wildman–Crippen LogP) is 2.45. The maximum absolute atomic E-state index is 13.1. The van der Waals surface area contributed by atoms with Gasteiger partial charge in [-0.15, -0.1) is 0 Å². The lowest BCUT2D eigenvalue weighted by Gasteiger charge is -2.26. The number of anilines is 1. The van der Waals surface area contributed by atoms with Crippen molar-refractivity contribution in [2.24, 2.45) is 0 Å². The highest BCUT2D eigenvalue weighted by Gasteiger charge is 2.52. The molecule has 3 aliphatic rings. The molecule has 3 fully saturated rings. The molecule has 0 bridgehead atoms. The first kappa shape index (κ1) is 24.5. The van der Waals surface area contributed by atoms with Crippen molar-refractivity contribution >= 4 is 33.6 Å². The number of hydrogen-bond acceptors (Lipinski definition) is 6. The van der Waals surface area contributed by atoms with E-state index >= 15 is 0 Å². The lowest BCUT2D eigenvalue weighted by molar-refractivity contribution is -0.131. The molecule has 0 atom stereocenters. The van der Waals surface area contributed by atoms with Gasteiger partial charge in [0, 0.05) is 31.7 Å². The smallest absolute Gasteiger partial charge is 0.325 e. The van der Waals surface area contributed by atoms with Crippen LogP contribution < -0.4 is 15.4 Å². The second-order valence-corrected chi connectivity index (χ2v) is 11.1. The molecule has 0 radical (unpaired) electrons. The van der Waals surface area contributed by atoms with Crippen molar-refractivity contribution in [3.05, 3.63) is 18.2 Å². The van der Waals surface area contributed by atoms with Gasteiger partial charge in [-0.25, -0.2) is 13.2 Å². The summed E-state index contributed by atoms with van der Waals surface area (Å²) in [4.78, 5) is 38.7. The van der Waals surface area contributed by atoms with Crippen LogP contribution in [0.5, 0.6) is 5.75 Å². The Hall–Kier alpha value is -2.66. The number of hydrogen-bond donors (Lipinski definition) is 2. The maximum atomic E-state index is 13.1. The van der Waals surface area contributed by atoms with Gasteiger partial charge in [0.15, 0.2) is 0 Å². The summed E-state index contributed by atoms with van der Waals surface area (Å²) in [7, 11) is -2.34. The molecule has 0 aromatic heterocycles. The van der Waals surface area contributed by atoms with Gasteiger partial charge >= 0.3 is 6.03 Å². The van der Waals surface area contributed by atoms with Crippen molar-refractivity contribution in [1.29, 1.82) is 0 Å². The van der Waals surface area contributed by atoms with E-state index in [2.05, 4.69) is 10.6 Å². The van der Waals surface area contributed by atoms with E-state index in [-0.39, 0.29) is 35.4 Å². The average Bonchev–Trinajstić information content (AvgIpc) is 3.39. The molecule has 10 nitrogen and oxygen atoms in total. The Kier molecular flexibility index (Phi) is 7.13. The molecule has 4 amide bonds. The highest BCUT2D eigenvalue weighted by Crippen LogP contribution is 2.35. The van der Waals surface area contributed by atoms with Crippen LogP contribution in [0.3, 0.4) is 0 Å². The van der Waals surface area contributed by atoms with Crippen molar-refractivity contribution in [2.75, 3.05) is 32.1 Å². The number of imide groups is 1. The zero-order valence-corrected chi connectivity index (χ0v) is 20.3. The lowest BCUT2D eigenvalue weighted by atomic mass is 9.98. The van der Waals surface area contributed by atoms with Gasteiger partial charge in [0.2, 0.25) is 15.9 Å². The van der Waals surface area contributed by atoms with Crippen LogP contribution in [0.1, 0.15) is 57.8 Å². The molecular formula is C23H32N4O6S. The van der Waals surface area contributed by atoms with Gasteiger partial charge in [0.1, 0.15) is 16.2 Å². The fraction of sp³-hybridized carbons (Fsp3) is 0.609. The number of nitrogens with zero attached hydrogens (tertiary/aromatic N) is 2. The summed E-state index contributed by atoms with van der Waals surface area (Å²) in [5.74, 6) is -0.296. The van der Waals surface area contributed by atoms with Crippen molar-refractivity contribution in [2.45, 2.75) is 68.2 Å². The van der Waals surface area contributed by atoms with Gasteiger partial charge in [-0.3, -0.25) is 14.5 Å². The molecule has 1 spiro atoms. The van der Waals surface area contributed by atoms with Gasteiger partial charge < -0.3 is 15.4 Å². The second-order valence-electron chi connectivity index (χ2n) is 9.16. The van der Waals surface area contributed by atoms with E-state index in [1.807, 2.05) is 0 Å². The van der Waals surface area contributed by atoms with Crippen LogP contribution in [0.15, 0.2) is 23.1 Å². The molecular weight excluding hydrogens is 460 g/mol. The summed E-state index contributed by atoms with van der Waals surface area (Å²) in [6.45, 7) is 1.09. The zero-order chi connectivity index (χ0) is 24.3. The summed E-state index contributed by atoms with van der Waals surface area (Å²) in [6.07, 6.45) is 6.20. The van der Waals surface area contributed by atoms with Crippen LogP contribution in [0.25, 0.3) is 0 Å². The van der Waals surface area contributed by atoms with E-state index in [4.69, 9.17) is 4.74 Å². The molecule has 2 aliphatic heterocycles. The van der Waals surface area contributed by atoms with E-state index in [9.17, 15) is 22.8 Å². The number of benzene rings is 1. The van der Waals surface area contributed by atoms with Crippen LogP contribution in [0.4, 0.5) is 10.5 Å². The van der Waals surface area contributed by atoms with Crippen LogP contribution in [-0.2, 0) is 19.6 Å². The number of piperidine rings is 1. The second kappa shape index (κ2) is 9.91. The third-order valence-electron chi connectivity index (χ3n) is 6.87. The number of ether oxygens (including phenoxy) is 1. The summed E-state index contributed by atoms with van der Waals surface area (Å²) >= 11 is 0. The normalized spacial score (nSPS) is 20.6. The summed E-state index contributed by atoms with van der Waals surface area (Å²) in [5, 5.41) is 5.55. The monoisotopic (exact) mass is 492 g/mol. The molecule has 1 aromatic carbocycles. The van der Waals surface area contributed by atoms with E-state index in [1.54, 1.807) is 6.07 Å². The van der Waals surface area contributed by atoms with Gasteiger partial charge in [-0.1, -0.05) is 19.3 Å². The molecule has 2 heterocycles. The Labute approximate surface area is 200 Å². The third-order valence-corrected chi connectivity index (χ3v) is 8.79. The number of sulfonamides is 1. The van der Waals surface area contributed by atoms with Crippen molar-refractivity contribution < 1.29 is 27.5 Å². The first-order chi connectivity index (χ1) is 16.3. The summed E-state index contributed by atoms with van der Waals surface area (Å²) < 4.78 is 33.0. The largest absolute Gasteiger partial charge is 0.495 e. The van der Waals surface area contributed by atoms with Crippen LogP contribution in [0.2, 0.25) is 0 Å². The number of urea groups is 1. The van der Waals surface area contributed by atoms with Crippen LogP contribution in [0, 0.1) is 0 Å². The number of methoxy groups -OCH3 is 1. The lowest BCUT2D eigenvalue weighted by Crippen LogP contribution is -2.44. The van der Waals surface area contributed by atoms with Gasteiger partial charge in [0.25, 0.3) is 5.91 Å². The Morgan fingerprint density at radius 2 is 1.82 bits per heavy atom. The van der Waals surface area contributed by atoms with Crippen molar-refractivity contribution in [3.63, 3.8) is 0 Å². The minimum absolute atomic E-state index is 0.0240. The van der Waals surface area contributed by atoms with Crippen molar-refractivity contribution in [1.82, 2.24) is 14.5 Å². The number of carbonyl (C=O) groups is 3. The molecule has 0 unspecified atom stereocenters. The number of rotatable bonds is 8. The van der Waals surface area contributed by atoms with Crippen LogP contribution in [-0.4, -0.2) is 67.8 Å². The van der Waals surface area contributed by atoms with Gasteiger partial charge in [0.05, 0.1) is 7.11 Å². The summed E-state index contributed by atoms with van der Waals surface area (Å²) in [5.41, 5.74) is -0.403. The molecule has 34 heavy (non-hydrogen) atoms. The Morgan fingerprint density at radius 3 is 2.50 bits per heavy atom. The van der Waals surface area contributed by atoms with Crippen molar-refractivity contribution in [3.8, 4) is 5.75 Å². The Balaban J connectivity index is 1.36. The zero-order valence-electron chi connectivity index (χ0n) is 19.5. The molecule has 2 N–H and O–H groups in total. The van der Waals surface area contributed by atoms with Crippen LogP contribution >= 0.6 is 0 Å². The topological polar surface area (TPSA) is 125 Å². The molecule has 4 rings (SSSR count). The number of amides is 4. The first-order valence-corrected chi connectivity index (χ1v) is 13.3. The standard InChI is InChI=1S/C23H32N4O6S/c1-33-18-10-9-17(16-19(18)34(31,32)26-13-5-2-6-14-26)24-20(28)8-7-15-27-21(29)23(25-22(27)30)11-3-4-12-23/h9-10,16H,2-8,11-15H2,1H3,(H,24,28)(H,25,30). The van der Waals surface area contributed by atoms with E-state index in [0.717, 1.165) is 32.1 Å². The van der Waals surface area contributed by atoms with E-state index in [0.29, 0.717) is 38.0 Å². The average molecular weight is 493 g/mol. The Bertz CT molecular complexity index is 1060. The molecule has 11 heteroatoms. The third kappa shape index (κ3) is 4.76. The highest BCUT2D eigenvalue weighted by atomic mass is 32.2. The van der Waals surface area contributed by atoms with Gasteiger partial charge in [-0.2, -0.15) is 4.31 Å². The minimum atomic E-state index is -3.75. The maximum Gasteiger partial charge on any atom is 0.325 e. The SMILES string of the molecule is COc1ccc(NC(=O)CCCN2C(=O)NC3(CCCC3)C2=O)cc1S(=O)(=O)N1CCCCC1. The fourth-order valence-electron chi connectivity index (χ4n) is 5.02.